The van der Waals surface area contributed by atoms with Gasteiger partial charge < -0.3 is 5.32 Å². The first-order chi connectivity index (χ1) is 13.1. The highest BCUT2D eigenvalue weighted by Gasteiger charge is 2.12. The van der Waals surface area contributed by atoms with Crippen molar-refractivity contribution < 1.29 is 21.6 Å². The lowest BCUT2D eigenvalue weighted by molar-refractivity contribution is 0.112. The van der Waals surface area contributed by atoms with E-state index in [1.165, 1.54) is 35.1 Å². The van der Waals surface area contributed by atoms with Crippen molar-refractivity contribution in [3.63, 3.8) is 0 Å². The Hall–Kier alpha value is -2.98. The first-order valence-corrected chi connectivity index (χ1v) is 11.8. The minimum atomic E-state index is -3.31. The van der Waals surface area contributed by atoms with Crippen LogP contribution in [0.5, 0.6) is 0 Å². The van der Waals surface area contributed by atoms with Crippen LogP contribution in [0.15, 0.2) is 64.5 Å². The highest BCUT2D eigenvalue weighted by Crippen LogP contribution is 2.22. The van der Waals surface area contributed by atoms with Gasteiger partial charge in [-0.3, -0.25) is 4.79 Å². The molecule has 1 aromatic heterocycles. The molecule has 3 aromatic rings. The van der Waals surface area contributed by atoms with Gasteiger partial charge in [-0.25, -0.2) is 21.5 Å². The second kappa shape index (κ2) is 7.21. The molecule has 0 atom stereocenters. The molecule has 0 radical (unpaired) electrons. The number of aromatic nitrogens is 2. The highest BCUT2D eigenvalue weighted by molar-refractivity contribution is 7.91. The predicted octanol–water partition coefficient (Wildman–Crippen LogP) is 2.24. The van der Waals surface area contributed by atoms with E-state index < -0.39 is 19.7 Å². The summed E-state index contributed by atoms with van der Waals surface area (Å²) >= 11 is 0. The molecule has 0 aliphatic heterocycles. The Bertz CT molecular complexity index is 1230. The van der Waals surface area contributed by atoms with Crippen LogP contribution < -0.4 is 5.32 Å². The van der Waals surface area contributed by atoms with Gasteiger partial charge in [0, 0.05) is 24.4 Å². The SMILES string of the molecule is CS(=O)(=O)c1ccc(Nc2nn(-c3ccc(S(C)(=O)=O)cc3)cc2C=O)cc1. The minimum Gasteiger partial charge on any atom is -0.338 e. The van der Waals surface area contributed by atoms with Crippen LogP contribution in [0.3, 0.4) is 0 Å². The molecule has 10 heteroatoms. The summed E-state index contributed by atoms with van der Waals surface area (Å²) in [6.07, 6.45) is 4.39. The maximum atomic E-state index is 11.6. The zero-order valence-corrected chi connectivity index (χ0v) is 16.7. The third kappa shape index (κ3) is 4.29. The van der Waals surface area contributed by atoms with E-state index in [1.807, 2.05) is 0 Å². The molecule has 1 N–H and O–H groups in total. The van der Waals surface area contributed by atoms with Gasteiger partial charge in [0.2, 0.25) is 0 Å². The third-order valence-electron chi connectivity index (χ3n) is 3.94. The standard InChI is InChI=1S/C18H17N3O5S2/c1-27(23,24)16-7-3-14(4-8-16)19-18-13(12-22)11-21(20-18)15-5-9-17(10-6-15)28(2,25)26/h3-12H,1-2H3,(H,19,20). The number of sulfone groups is 2. The molecule has 0 amide bonds. The lowest BCUT2D eigenvalue weighted by Gasteiger charge is -2.05. The topological polar surface area (TPSA) is 115 Å². The second-order valence-corrected chi connectivity index (χ2v) is 10.2. The summed E-state index contributed by atoms with van der Waals surface area (Å²) in [5.41, 5.74) is 1.43. The van der Waals surface area contributed by atoms with E-state index >= 15 is 0 Å². The number of hydrogen-bond acceptors (Lipinski definition) is 7. The zero-order valence-electron chi connectivity index (χ0n) is 15.0. The summed E-state index contributed by atoms with van der Waals surface area (Å²) in [5, 5.41) is 7.29. The molecule has 146 valence electrons. The summed E-state index contributed by atoms with van der Waals surface area (Å²) in [4.78, 5) is 11.8. The molecule has 3 rings (SSSR count). The molecule has 0 bridgehead atoms. The van der Waals surface area contributed by atoms with Gasteiger partial charge in [-0.2, -0.15) is 0 Å². The Balaban J connectivity index is 1.90. The van der Waals surface area contributed by atoms with Crippen LogP contribution in [0.25, 0.3) is 5.69 Å². The molecule has 0 spiro atoms. The van der Waals surface area contributed by atoms with E-state index in [1.54, 1.807) is 24.3 Å². The van der Waals surface area contributed by atoms with E-state index in [9.17, 15) is 21.6 Å². The largest absolute Gasteiger partial charge is 0.338 e. The monoisotopic (exact) mass is 419 g/mol. The molecule has 1 heterocycles. The number of carbonyl (C=O) groups excluding carboxylic acids is 1. The van der Waals surface area contributed by atoms with Crippen molar-refractivity contribution in [3.8, 4) is 5.69 Å². The van der Waals surface area contributed by atoms with Crippen molar-refractivity contribution in [1.29, 1.82) is 0 Å². The fourth-order valence-electron chi connectivity index (χ4n) is 2.47. The maximum Gasteiger partial charge on any atom is 0.175 e. The van der Waals surface area contributed by atoms with Crippen molar-refractivity contribution in [1.82, 2.24) is 9.78 Å². The fraction of sp³-hybridized carbons (Fsp3) is 0.111. The third-order valence-corrected chi connectivity index (χ3v) is 6.20. The molecule has 2 aromatic carbocycles. The van der Waals surface area contributed by atoms with E-state index in [0.717, 1.165) is 12.5 Å². The summed E-state index contributed by atoms with van der Waals surface area (Å²) < 4.78 is 47.6. The molecule has 0 saturated carbocycles. The Morgan fingerprint density at radius 3 is 1.82 bits per heavy atom. The summed E-state index contributed by atoms with van der Waals surface area (Å²) in [6, 6.07) is 12.2. The highest BCUT2D eigenvalue weighted by atomic mass is 32.2. The van der Waals surface area contributed by atoms with Gasteiger partial charge in [0.15, 0.2) is 31.8 Å². The van der Waals surface area contributed by atoms with Gasteiger partial charge in [0.1, 0.15) is 0 Å². The fourth-order valence-corrected chi connectivity index (χ4v) is 3.73. The minimum absolute atomic E-state index is 0.184. The molecule has 0 aliphatic carbocycles. The predicted molar refractivity (Wildman–Crippen MR) is 105 cm³/mol. The molecule has 0 unspecified atom stereocenters. The van der Waals surface area contributed by atoms with E-state index in [-0.39, 0.29) is 15.6 Å². The second-order valence-electron chi connectivity index (χ2n) is 6.18. The van der Waals surface area contributed by atoms with Crippen LogP contribution in [-0.4, -0.2) is 45.4 Å². The molecular formula is C18H17N3O5S2. The van der Waals surface area contributed by atoms with Gasteiger partial charge in [-0.15, -0.1) is 5.10 Å². The Labute approximate surface area is 162 Å². The molecule has 0 saturated heterocycles. The number of hydrogen-bond donors (Lipinski definition) is 1. The normalized spacial score (nSPS) is 11.9. The van der Waals surface area contributed by atoms with Crippen LogP contribution in [0.2, 0.25) is 0 Å². The van der Waals surface area contributed by atoms with Gasteiger partial charge in [0.25, 0.3) is 0 Å². The van der Waals surface area contributed by atoms with Gasteiger partial charge in [-0.05, 0) is 48.5 Å². The van der Waals surface area contributed by atoms with Crippen LogP contribution in [0.4, 0.5) is 11.5 Å². The Morgan fingerprint density at radius 1 is 0.857 bits per heavy atom. The summed E-state index contributed by atoms with van der Waals surface area (Å²) in [6.45, 7) is 0. The molecule has 8 nitrogen and oxygen atoms in total. The van der Waals surface area contributed by atoms with Crippen molar-refractivity contribution in [2.75, 3.05) is 17.8 Å². The lowest BCUT2D eigenvalue weighted by atomic mass is 10.3. The number of aldehydes is 1. The maximum absolute atomic E-state index is 11.6. The smallest absolute Gasteiger partial charge is 0.175 e. The first kappa shape index (κ1) is 19.8. The zero-order chi connectivity index (χ0) is 20.5. The molecule has 0 aliphatic rings. The van der Waals surface area contributed by atoms with Gasteiger partial charge >= 0.3 is 0 Å². The van der Waals surface area contributed by atoms with E-state index in [4.69, 9.17) is 0 Å². The average Bonchev–Trinajstić information content (AvgIpc) is 3.03. The molecule has 0 fully saturated rings. The number of rotatable bonds is 6. The summed E-state index contributed by atoms with van der Waals surface area (Å²) in [5.74, 6) is 0.286. The Kier molecular flexibility index (Phi) is 5.09. The van der Waals surface area contributed by atoms with Crippen molar-refractivity contribution in [2.45, 2.75) is 9.79 Å². The number of nitrogens with one attached hydrogen (secondary N) is 1. The van der Waals surface area contributed by atoms with Gasteiger partial charge in [-0.1, -0.05) is 0 Å². The Morgan fingerprint density at radius 2 is 1.36 bits per heavy atom. The lowest BCUT2D eigenvalue weighted by Crippen LogP contribution is -2.00. The van der Waals surface area contributed by atoms with Crippen LogP contribution in [0.1, 0.15) is 10.4 Å². The van der Waals surface area contributed by atoms with Crippen LogP contribution in [0, 0.1) is 0 Å². The molecular weight excluding hydrogens is 402 g/mol. The van der Waals surface area contributed by atoms with Crippen molar-refractivity contribution >= 4 is 37.5 Å². The molecule has 28 heavy (non-hydrogen) atoms. The quantitative estimate of drug-likeness (QED) is 0.609. The van der Waals surface area contributed by atoms with Crippen molar-refractivity contribution in [2.24, 2.45) is 0 Å². The van der Waals surface area contributed by atoms with Crippen LogP contribution >= 0.6 is 0 Å². The van der Waals surface area contributed by atoms with Crippen LogP contribution in [-0.2, 0) is 19.7 Å². The number of anilines is 2. The average molecular weight is 419 g/mol. The number of carbonyl (C=O) groups is 1. The first-order valence-electron chi connectivity index (χ1n) is 8.00. The van der Waals surface area contributed by atoms with E-state index in [0.29, 0.717) is 23.2 Å². The van der Waals surface area contributed by atoms with E-state index in [2.05, 4.69) is 10.4 Å². The number of nitrogens with zero attached hydrogens (tertiary/aromatic N) is 2. The number of benzene rings is 2. The van der Waals surface area contributed by atoms with Crippen molar-refractivity contribution in [3.05, 3.63) is 60.3 Å². The summed E-state index contributed by atoms with van der Waals surface area (Å²) in [7, 11) is -6.60. The van der Waals surface area contributed by atoms with Gasteiger partial charge in [0.05, 0.1) is 21.0 Å².